The largest absolute Gasteiger partial charge is 0.494 e. The van der Waals surface area contributed by atoms with Crippen LogP contribution in [-0.4, -0.2) is 66.5 Å². The van der Waals surface area contributed by atoms with Gasteiger partial charge in [0.25, 0.3) is 0 Å². The fraction of sp³-hybridized carbons (Fsp3) is 0.696. The van der Waals surface area contributed by atoms with Gasteiger partial charge in [-0.25, -0.2) is 4.79 Å². The zero-order valence-corrected chi connectivity index (χ0v) is 20.0. The number of carbonyl (C=O) groups excluding carboxylic acids is 1. The van der Waals surface area contributed by atoms with Crippen LogP contribution in [0.1, 0.15) is 61.0 Å². The predicted molar refractivity (Wildman–Crippen MR) is 122 cm³/mol. The maximum atomic E-state index is 12.2. The first kappa shape index (κ1) is 24.7. The molecule has 0 aromatic heterocycles. The third-order valence-electron chi connectivity index (χ3n) is 5.40. The summed E-state index contributed by atoms with van der Waals surface area (Å²) in [5, 5.41) is 0. The first-order valence-electron chi connectivity index (χ1n) is 11.2. The number of nitrogens with zero attached hydrogens (tertiary/aromatic N) is 2. The van der Waals surface area contributed by atoms with Crippen LogP contribution in [0.15, 0.2) is 24.3 Å². The van der Waals surface area contributed by atoms with Gasteiger partial charge < -0.3 is 18.9 Å². The van der Waals surface area contributed by atoms with Crippen molar-refractivity contribution in [2.75, 3.05) is 26.2 Å². The highest BCUT2D eigenvalue weighted by molar-refractivity contribution is 6.61. The van der Waals surface area contributed by atoms with E-state index in [1.54, 1.807) is 4.90 Å². The highest BCUT2D eigenvalue weighted by Gasteiger charge is 2.43. The lowest BCUT2D eigenvalue weighted by Gasteiger charge is -2.35. The second-order valence-corrected chi connectivity index (χ2v) is 9.32. The molecule has 1 atom stereocenters. The molecular formula is C23H39BN2O4. The molecule has 0 N–H and O–H groups in total. The SMILES string of the molecule is CC.CC1OB(c2ccc(CN3CCN(C(=O)OC(C)(C)C)CC3)cc2)OC1(C)C. The number of ether oxygens (including phenoxy) is 1. The van der Waals surface area contributed by atoms with Crippen LogP contribution in [-0.2, 0) is 20.6 Å². The Morgan fingerprint density at radius 3 is 2.17 bits per heavy atom. The van der Waals surface area contributed by atoms with E-state index in [4.69, 9.17) is 14.0 Å². The number of rotatable bonds is 3. The number of hydrogen-bond donors (Lipinski definition) is 0. The van der Waals surface area contributed by atoms with Crippen molar-refractivity contribution >= 4 is 18.7 Å². The van der Waals surface area contributed by atoms with Crippen LogP contribution in [0.3, 0.4) is 0 Å². The summed E-state index contributed by atoms with van der Waals surface area (Å²) in [6.45, 7) is 19.8. The molecule has 6 nitrogen and oxygen atoms in total. The minimum atomic E-state index is -0.449. The maximum absolute atomic E-state index is 12.2. The minimum absolute atomic E-state index is 0.0680. The summed E-state index contributed by atoms with van der Waals surface area (Å²) in [6.07, 6.45) is -0.149. The molecule has 3 rings (SSSR count). The fourth-order valence-electron chi connectivity index (χ4n) is 3.35. The lowest BCUT2D eigenvalue weighted by atomic mass is 9.79. The van der Waals surface area contributed by atoms with Gasteiger partial charge in [0.1, 0.15) is 5.60 Å². The average molecular weight is 418 g/mol. The van der Waals surface area contributed by atoms with Gasteiger partial charge in [-0.3, -0.25) is 4.90 Å². The zero-order valence-electron chi connectivity index (χ0n) is 20.0. The van der Waals surface area contributed by atoms with Crippen molar-refractivity contribution in [2.45, 2.75) is 79.2 Å². The normalized spacial score (nSPS) is 21.8. The van der Waals surface area contributed by atoms with Crippen molar-refractivity contribution < 1.29 is 18.8 Å². The Labute approximate surface area is 183 Å². The maximum Gasteiger partial charge on any atom is 0.494 e. The summed E-state index contributed by atoms with van der Waals surface area (Å²) in [5.41, 5.74) is 1.59. The van der Waals surface area contributed by atoms with Gasteiger partial charge in [-0.2, -0.15) is 0 Å². The Balaban J connectivity index is 0.00000155. The Bertz CT molecular complexity index is 679. The van der Waals surface area contributed by atoms with Crippen molar-refractivity contribution in [2.24, 2.45) is 0 Å². The van der Waals surface area contributed by atoms with Crippen molar-refractivity contribution in [3.8, 4) is 0 Å². The van der Waals surface area contributed by atoms with Gasteiger partial charge in [-0.1, -0.05) is 38.1 Å². The summed E-state index contributed by atoms with van der Waals surface area (Å²) < 4.78 is 17.4. The minimum Gasteiger partial charge on any atom is -0.444 e. The number of carbonyl (C=O) groups is 1. The third kappa shape index (κ3) is 6.72. The van der Waals surface area contributed by atoms with Crippen molar-refractivity contribution in [1.82, 2.24) is 9.80 Å². The van der Waals surface area contributed by atoms with E-state index in [2.05, 4.69) is 43.0 Å². The Kier molecular flexibility index (Phi) is 8.37. The molecule has 0 radical (unpaired) electrons. The Morgan fingerprint density at radius 2 is 1.70 bits per heavy atom. The van der Waals surface area contributed by atoms with Gasteiger partial charge in [-0.05, 0) is 52.6 Å². The van der Waals surface area contributed by atoms with Gasteiger partial charge in [0.05, 0.1) is 11.7 Å². The van der Waals surface area contributed by atoms with E-state index < -0.39 is 5.60 Å². The molecule has 7 heteroatoms. The Hall–Kier alpha value is -1.57. The molecule has 1 amide bonds. The molecule has 1 unspecified atom stereocenters. The fourth-order valence-corrected chi connectivity index (χ4v) is 3.35. The lowest BCUT2D eigenvalue weighted by Crippen LogP contribution is -2.49. The monoisotopic (exact) mass is 418 g/mol. The van der Waals surface area contributed by atoms with Crippen LogP contribution in [0.4, 0.5) is 4.79 Å². The van der Waals surface area contributed by atoms with E-state index in [0.717, 1.165) is 25.1 Å². The lowest BCUT2D eigenvalue weighted by molar-refractivity contribution is 0.0139. The number of amides is 1. The van der Waals surface area contributed by atoms with Gasteiger partial charge in [-0.15, -0.1) is 0 Å². The average Bonchev–Trinajstić information content (AvgIpc) is 2.96. The molecule has 0 spiro atoms. The van der Waals surface area contributed by atoms with E-state index in [9.17, 15) is 4.79 Å². The van der Waals surface area contributed by atoms with Crippen LogP contribution >= 0.6 is 0 Å². The van der Waals surface area contributed by atoms with Crippen molar-refractivity contribution in [1.29, 1.82) is 0 Å². The summed E-state index contributed by atoms with van der Waals surface area (Å²) in [7, 11) is -0.295. The molecular weight excluding hydrogens is 379 g/mol. The zero-order chi connectivity index (χ0) is 22.5. The molecule has 168 valence electrons. The van der Waals surface area contributed by atoms with E-state index in [1.807, 2.05) is 41.5 Å². The first-order chi connectivity index (χ1) is 14.0. The van der Waals surface area contributed by atoms with Crippen LogP contribution in [0.25, 0.3) is 0 Å². The van der Waals surface area contributed by atoms with Gasteiger partial charge in [0.15, 0.2) is 0 Å². The predicted octanol–water partition coefficient (Wildman–Crippen LogP) is 3.67. The van der Waals surface area contributed by atoms with E-state index >= 15 is 0 Å². The van der Waals surface area contributed by atoms with Gasteiger partial charge >= 0.3 is 13.2 Å². The quantitative estimate of drug-likeness (QED) is 0.701. The molecule has 1 aromatic carbocycles. The standard InChI is InChI=1S/C21H33BN2O4.C2H6/c1-16-21(5,6)28-22(27-16)18-9-7-17(8-10-18)15-23-11-13-24(14-12-23)19(25)26-20(2,3)4;1-2/h7-10,16H,11-15H2,1-6H3;1-2H3. The highest BCUT2D eigenvalue weighted by Crippen LogP contribution is 2.26. The summed E-state index contributed by atoms with van der Waals surface area (Å²) in [6, 6.07) is 8.45. The number of piperazine rings is 1. The number of benzene rings is 1. The second-order valence-electron chi connectivity index (χ2n) is 9.32. The topological polar surface area (TPSA) is 51.2 Å². The molecule has 0 aliphatic carbocycles. The highest BCUT2D eigenvalue weighted by atomic mass is 16.7. The molecule has 2 fully saturated rings. The summed E-state index contributed by atoms with van der Waals surface area (Å²) in [5.74, 6) is 0. The summed E-state index contributed by atoms with van der Waals surface area (Å²) in [4.78, 5) is 16.3. The van der Waals surface area contributed by atoms with Gasteiger partial charge in [0.2, 0.25) is 0 Å². The molecule has 0 bridgehead atoms. The van der Waals surface area contributed by atoms with Gasteiger partial charge in [0, 0.05) is 32.7 Å². The third-order valence-corrected chi connectivity index (χ3v) is 5.40. The molecule has 2 saturated heterocycles. The Morgan fingerprint density at radius 1 is 1.13 bits per heavy atom. The molecule has 0 saturated carbocycles. The van der Waals surface area contributed by atoms with E-state index in [1.165, 1.54) is 5.56 Å². The first-order valence-corrected chi connectivity index (χ1v) is 11.2. The second kappa shape index (κ2) is 10.2. The van der Waals surface area contributed by atoms with Crippen LogP contribution in [0.2, 0.25) is 0 Å². The molecule has 2 heterocycles. The molecule has 2 aliphatic rings. The molecule has 1 aromatic rings. The van der Waals surface area contributed by atoms with E-state index in [0.29, 0.717) is 13.1 Å². The van der Waals surface area contributed by atoms with Crippen LogP contribution < -0.4 is 5.46 Å². The summed E-state index contributed by atoms with van der Waals surface area (Å²) >= 11 is 0. The molecule has 2 aliphatic heterocycles. The van der Waals surface area contributed by atoms with Crippen molar-refractivity contribution in [3.63, 3.8) is 0 Å². The van der Waals surface area contributed by atoms with Crippen LogP contribution in [0.5, 0.6) is 0 Å². The number of hydrogen-bond acceptors (Lipinski definition) is 5. The molecule has 30 heavy (non-hydrogen) atoms. The van der Waals surface area contributed by atoms with Crippen molar-refractivity contribution in [3.05, 3.63) is 29.8 Å². The smallest absolute Gasteiger partial charge is 0.444 e. The van der Waals surface area contributed by atoms with E-state index in [-0.39, 0.29) is 24.9 Å². The van der Waals surface area contributed by atoms with Crippen LogP contribution in [0, 0.1) is 0 Å².